The minimum atomic E-state index is -1.12. The Balaban J connectivity index is 1.21. The zero-order valence-electron chi connectivity index (χ0n) is 34.1. The van der Waals surface area contributed by atoms with Crippen molar-refractivity contribution in [3.05, 3.63) is 178 Å². The summed E-state index contributed by atoms with van der Waals surface area (Å²) in [5.74, 6) is -0.149. The summed E-state index contributed by atoms with van der Waals surface area (Å²) in [5, 5.41) is 35.6. The lowest BCUT2D eigenvalue weighted by Crippen LogP contribution is -2.53. The molecule has 5 aromatic rings. The minimum absolute atomic E-state index is 0.0455. The first-order valence-corrected chi connectivity index (χ1v) is 21.1. The number of aliphatic hydroxyl groups is 3. The lowest BCUT2D eigenvalue weighted by atomic mass is 9.64. The summed E-state index contributed by atoms with van der Waals surface area (Å²) in [4.78, 5) is 16.9. The predicted octanol–water partition coefficient (Wildman–Crippen LogP) is 9.70. The minimum Gasteiger partial charge on any atom is -0.393 e. The number of carbonyl (C=O) groups excluding carboxylic acids is 1. The van der Waals surface area contributed by atoms with E-state index in [1.165, 1.54) is 5.57 Å². The van der Waals surface area contributed by atoms with Crippen LogP contribution < -0.4 is 0 Å². The first kappa shape index (κ1) is 41.5. The smallest absolute Gasteiger partial charge is 0.193 e. The number of nitrogens with zero attached hydrogens (tertiary/aromatic N) is 1. The number of hydrogen-bond acceptors (Lipinski definition) is 6. The van der Waals surface area contributed by atoms with Gasteiger partial charge in [0.15, 0.2) is 5.78 Å². The molecule has 0 spiro atoms. The van der Waals surface area contributed by atoms with Gasteiger partial charge in [-0.2, -0.15) is 0 Å². The van der Waals surface area contributed by atoms with Gasteiger partial charge in [0.2, 0.25) is 0 Å². The summed E-state index contributed by atoms with van der Waals surface area (Å²) in [6.45, 7) is 6.23. The van der Waals surface area contributed by atoms with Crippen LogP contribution in [0.3, 0.4) is 0 Å². The Hall–Kier alpha value is -4.69. The van der Waals surface area contributed by atoms with Crippen LogP contribution in [0, 0.1) is 5.41 Å². The standard InChI is InChI=1S/C52H59NO5/c1-38-13-12-29-51(2)49(28-30-52(51,57)37-53(33-39-14-6-3-7-15-39)34-46(55)36-58-35-40-16-8-4-9-17-40)47-27-21-41(31-45(54)26-20-38)32-48(47)50(56)44-24-22-43(23-25-44)42-18-10-5-11-19-42/h3-11,13-19,21-25,27,32,45-46,49,54-55,57H,12,20,26,28-31,33-37H2,1-2H3/t45-,46+,49-,51-,52+/m0/s1. The van der Waals surface area contributed by atoms with Crippen molar-refractivity contribution < 1.29 is 24.9 Å². The molecule has 58 heavy (non-hydrogen) atoms. The van der Waals surface area contributed by atoms with E-state index in [1.54, 1.807) is 0 Å². The summed E-state index contributed by atoms with van der Waals surface area (Å²) in [5.41, 5.74) is 6.98. The Labute approximate surface area is 344 Å². The second-order valence-corrected chi connectivity index (χ2v) is 17.0. The van der Waals surface area contributed by atoms with Crippen LogP contribution in [0.5, 0.6) is 0 Å². The summed E-state index contributed by atoms with van der Waals surface area (Å²) in [6, 6.07) is 44.4. The molecular formula is C52H59NO5. The van der Waals surface area contributed by atoms with Gasteiger partial charge in [-0.25, -0.2) is 0 Å². The van der Waals surface area contributed by atoms with E-state index in [0.29, 0.717) is 63.1 Å². The first-order chi connectivity index (χ1) is 28.1. The van der Waals surface area contributed by atoms with E-state index >= 15 is 0 Å². The van der Waals surface area contributed by atoms with Crippen LogP contribution in [0.15, 0.2) is 145 Å². The molecule has 6 nitrogen and oxygen atoms in total. The molecule has 6 heteroatoms. The van der Waals surface area contributed by atoms with Crippen LogP contribution in [0.2, 0.25) is 0 Å². The highest BCUT2D eigenvalue weighted by Gasteiger charge is 2.57. The van der Waals surface area contributed by atoms with Gasteiger partial charge in [0, 0.05) is 36.2 Å². The summed E-state index contributed by atoms with van der Waals surface area (Å²) >= 11 is 0. The SMILES string of the molecule is CC1=CCC[C@@]2(C)[C@@H](CC[C@@]2(O)CN(Cc2ccccc2)C[C@@H](O)COCc2ccccc2)c2ccc(cc2C(=O)c2ccc(-c3ccccc3)cc2)C[C@@H](O)CC1. The number of ether oxygens (including phenoxy) is 1. The van der Waals surface area contributed by atoms with Crippen molar-refractivity contribution in [1.82, 2.24) is 4.90 Å². The topological polar surface area (TPSA) is 90.2 Å². The van der Waals surface area contributed by atoms with Crippen molar-refractivity contribution in [2.75, 3.05) is 19.7 Å². The van der Waals surface area contributed by atoms with E-state index in [4.69, 9.17) is 4.74 Å². The molecule has 8 rings (SSSR count). The molecule has 0 amide bonds. The molecule has 0 unspecified atom stereocenters. The number of allylic oxidation sites excluding steroid dienone is 2. The third-order valence-electron chi connectivity index (χ3n) is 12.8. The van der Waals surface area contributed by atoms with Gasteiger partial charge in [0.25, 0.3) is 0 Å². The van der Waals surface area contributed by atoms with Gasteiger partial charge in [-0.3, -0.25) is 9.69 Å². The molecule has 0 aromatic heterocycles. The Morgan fingerprint density at radius 2 is 1.48 bits per heavy atom. The van der Waals surface area contributed by atoms with E-state index in [0.717, 1.165) is 52.6 Å². The van der Waals surface area contributed by atoms with Crippen molar-refractivity contribution in [3.63, 3.8) is 0 Å². The van der Waals surface area contributed by atoms with Gasteiger partial charge in [-0.05, 0) is 97.2 Å². The number of rotatable bonds is 13. The Morgan fingerprint density at radius 3 is 2.19 bits per heavy atom. The molecule has 1 saturated carbocycles. The van der Waals surface area contributed by atoms with Crippen LogP contribution in [0.4, 0.5) is 0 Å². The maximum atomic E-state index is 14.7. The largest absolute Gasteiger partial charge is 0.393 e. The molecule has 0 heterocycles. The van der Waals surface area contributed by atoms with Gasteiger partial charge in [0.1, 0.15) is 0 Å². The first-order valence-electron chi connectivity index (χ1n) is 21.1. The molecule has 3 N–H and O–H groups in total. The average molecular weight is 778 g/mol. The van der Waals surface area contributed by atoms with Crippen molar-refractivity contribution in [2.45, 2.75) is 95.7 Å². The van der Waals surface area contributed by atoms with Crippen LogP contribution in [-0.2, 0) is 24.3 Å². The highest BCUT2D eigenvalue weighted by molar-refractivity contribution is 6.10. The van der Waals surface area contributed by atoms with Gasteiger partial charge in [-0.15, -0.1) is 0 Å². The molecule has 5 aromatic carbocycles. The van der Waals surface area contributed by atoms with E-state index in [-0.39, 0.29) is 18.3 Å². The summed E-state index contributed by atoms with van der Waals surface area (Å²) < 4.78 is 5.97. The van der Waals surface area contributed by atoms with Gasteiger partial charge >= 0.3 is 0 Å². The Bertz CT molecular complexity index is 2120. The van der Waals surface area contributed by atoms with Crippen molar-refractivity contribution in [1.29, 1.82) is 0 Å². The molecule has 302 valence electrons. The van der Waals surface area contributed by atoms with Crippen molar-refractivity contribution in [2.24, 2.45) is 5.41 Å². The summed E-state index contributed by atoms with van der Waals surface area (Å²) in [7, 11) is 0. The zero-order chi connectivity index (χ0) is 40.5. The number of ketones is 1. The van der Waals surface area contributed by atoms with Crippen LogP contribution in [0.1, 0.15) is 96.5 Å². The lowest BCUT2D eigenvalue weighted by molar-refractivity contribution is -0.0923. The van der Waals surface area contributed by atoms with E-state index in [1.807, 2.05) is 97.1 Å². The molecule has 5 atom stereocenters. The van der Waals surface area contributed by atoms with E-state index in [2.05, 4.69) is 61.2 Å². The number of aliphatic hydroxyl groups excluding tert-OH is 2. The quantitative estimate of drug-likeness (QED) is 0.0816. The molecule has 0 saturated heterocycles. The van der Waals surface area contributed by atoms with E-state index in [9.17, 15) is 20.1 Å². The van der Waals surface area contributed by atoms with E-state index < -0.39 is 23.2 Å². The third-order valence-corrected chi connectivity index (χ3v) is 12.8. The molecule has 1 fully saturated rings. The lowest BCUT2D eigenvalue weighted by Gasteiger charge is -2.46. The Morgan fingerprint density at radius 1 is 0.828 bits per heavy atom. The van der Waals surface area contributed by atoms with Gasteiger partial charge in [-0.1, -0.05) is 146 Å². The monoisotopic (exact) mass is 777 g/mol. The molecule has 0 radical (unpaired) electrons. The molecule has 2 bridgehead atoms. The fourth-order valence-electron chi connectivity index (χ4n) is 9.43. The maximum absolute atomic E-state index is 14.7. The van der Waals surface area contributed by atoms with Crippen LogP contribution in [0.25, 0.3) is 11.1 Å². The number of hydrogen-bond donors (Lipinski definition) is 3. The number of fused-ring (bicyclic) bond motifs is 8. The number of carbonyl (C=O) groups is 1. The summed E-state index contributed by atoms with van der Waals surface area (Å²) in [6.07, 6.45) is 5.68. The second kappa shape index (κ2) is 18.9. The highest BCUT2D eigenvalue weighted by Crippen LogP contribution is 2.59. The van der Waals surface area contributed by atoms with Crippen LogP contribution in [-0.4, -0.2) is 63.5 Å². The fourth-order valence-corrected chi connectivity index (χ4v) is 9.43. The normalized spacial score (nSPS) is 22.9. The van der Waals surface area contributed by atoms with Crippen molar-refractivity contribution in [3.8, 4) is 11.1 Å². The zero-order valence-corrected chi connectivity index (χ0v) is 34.1. The van der Waals surface area contributed by atoms with Gasteiger partial charge < -0.3 is 20.1 Å². The predicted molar refractivity (Wildman–Crippen MR) is 233 cm³/mol. The molecule has 3 aliphatic rings. The van der Waals surface area contributed by atoms with Crippen molar-refractivity contribution >= 4 is 5.78 Å². The molecular weight excluding hydrogens is 719 g/mol. The maximum Gasteiger partial charge on any atom is 0.193 e. The van der Waals surface area contributed by atoms with Gasteiger partial charge in [0.05, 0.1) is 31.0 Å². The fraction of sp³-hybridized carbons (Fsp3) is 0.365. The third kappa shape index (κ3) is 9.94. The second-order valence-electron chi connectivity index (χ2n) is 17.0. The molecule has 0 aliphatic heterocycles. The average Bonchev–Trinajstić information content (AvgIpc) is 3.49. The highest BCUT2D eigenvalue weighted by atomic mass is 16.5. The van der Waals surface area contributed by atoms with Crippen LogP contribution >= 0.6 is 0 Å². The number of benzene rings is 5. The Kier molecular flexibility index (Phi) is 13.5. The molecule has 3 aliphatic carbocycles.